The van der Waals surface area contributed by atoms with E-state index in [1.807, 2.05) is 18.2 Å². The van der Waals surface area contributed by atoms with E-state index in [4.69, 9.17) is 16.6 Å². The lowest BCUT2D eigenvalue weighted by Gasteiger charge is -2.31. The molecule has 0 aliphatic heterocycles. The van der Waals surface area contributed by atoms with Crippen LogP contribution in [0.1, 0.15) is 48.5 Å². The first-order valence-corrected chi connectivity index (χ1v) is 11.8. The largest absolute Gasteiger partial charge is 0.506 e. The molecule has 0 atom stereocenters. The van der Waals surface area contributed by atoms with Crippen LogP contribution in [0.5, 0.6) is 5.75 Å². The van der Waals surface area contributed by atoms with Crippen molar-refractivity contribution in [2.24, 2.45) is 5.92 Å². The Morgan fingerprint density at radius 2 is 1.94 bits per heavy atom. The monoisotopic (exact) mass is 466 g/mol. The lowest BCUT2D eigenvalue weighted by molar-refractivity contribution is 0.101. The number of phenols is 1. The summed E-state index contributed by atoms with van der Waals surface area (Å²) in [5.41, 5.74) is 4.93. The molecule has 2 N–H and O–H groups in total. The van der Waals surface area contributed by atoms with Crippen LogP contribution in [-0.4, -0.2) is 52.4 Å². The maximum absolute atomic E-state index is 12.4. The van der Waals surface area contributed by atoms with E-state index in [9.17, 15) is 9.90 Å². The van der Waals surface area contributed by atoms with Gasteiger partial charge in [0.05, 0.1) is 27.5 Å². The van der Waals surface area contributed by atoms with E-state index in [0.717, 1.165) is 49.0 Å². The predicted octanol–water partition coefficient (Wildman–Crippen LogP) is 5.70. The highest BCUT2D eigenvalue weighted by molar-refractivity contribution is 6.32. The minimum atomic E-state index is -0.0380. The summed E-state index contributed by atoms with van der Waals surface area (Å²) < 4.78 is 0. The van der Waals surface area contributed by atoms with Crippen molar-refractivity contribution in [3.05, 3.63) is 46.6 Å². The summed E-state index contributed by atoms with van der Waals surface area (Å²) in [6.07, 6.45) is 6.10. The van der Waals surface area contributed by atoms with Crippen LogP contribution in [0.4, 0.5) is 5.69 Å². The summed E-state index contributed by atoms with van der Waals surface area (Å²) in [4.78, 5) is 24.1. The summed E-state index contributed by atoms with van der Waals surface area (Å²) in [6.45, 7) is 4.49. The van der Waals surface area contributed by atoms with Crippen molar-refractivity contribution in [1.29, 1.82) is 0 Å². The Balaban J connectivity index is 1.71. The van der Waals surface area contributed by atoms with Crippen LogP contribution in [0.15, 0.2) is 30.5 Å². The fraction of sp³-hybridized carbons (Fsp3) is 0.423. The number of rotatable bonds is 6. The highest BCUT2D eigenvalue weighted by atomic mass is 35.5. The number of anilines is 1. The van der Waals surface area contributed by atoms with Crippen LogP contribution in [-0.2, 0) is 0 Å². The fourth-order valence-electron chi connectivity index (χ4n) is 4.73. The summed E-state index contributed by atoms with van der Waals surface area (Å²) in [6, 6.07) is 7.66. The molecule has 0 saturated heterocycles. The number of aryl methyl sites for hydroxylation is 1. The third-order valence-corrected chi connectivity index (χ3v) is 6.75. The van der Waals surface area contributed by atoms with E-state index in [1.165, 1.54) is 0 Å². The first-order valence-electron chi connectivity index (χ1n) is 11.4. The van der Waals surface area contributed by atoms with Gasteiger partial charge in [-0.3, -0.25) is 9.78 Å². The molecule has 2 aromatic heterocycles. The van der Waals surface area contributed by atoms with Crippen LogP contribution >= 0.6 is 11.6 Å². The highest BCUT2D eigenvalue weighted by Gasteiger charge is 2.24. The molecule has 7 heteroatoms. The number of aromatic nitrogens is 2. The van der Waals surface area contributed by atoms with E-state index in [-0.39, 0.29) is 16.6 Å². The Bertz CT molecular complexity index is 1160. The Morgan fingerprint density at radius 1 is 1.21 bits per heavy atom. The third kappa shape index (κ3) is 5.12. The lowest BCUT2D eigenvalue weighted by Crippen LogP contribution is -2.31. The second-order valence-corrected chi connectivity index (χ2v) is 9.82. The molecule has 174 valence electrons. The number of pyridine rings is 2. The number of fused-ring (bicyclic) bond motifs is 1. The van der Waals surface area contributed by atoms with Gasteiger partial charge in [-0.05, 0) is 89.4 Å². The SMILES string of the molecule is CC(=O)c1cnc2ccc(-c3cc(C)c(O)c(Cl)c3)nc2c1N[C@H]1CC[C@H](CN(C)C)CC1. The Morgan fingerprint density at radius 3 is 2.58 bits per heavy atom. The van der Waals surface area contributed by atoms with E-state index >= 15 is 0 Å². The lowest BCUT2D eigenvalue weighted by atomic mass is 9.85. The quantitative estimate of drug-likeness (QED) is 0.454. The zero-order valence-electron chi connectivity index (χ0n) is 19.7. The normalized spacial score (nSPS) is 18.6. The average molecular weight is 467 g/mol. The average Bonchev–Trinajstić information content (AvgIpc) is 2.77. The topological polar surface area (TPSA) is 78.3 Å². The summed E-state index contributed by atoms with van der Waals surface area (Å²) >= 11 is 6.21. The molecular weight excluding hydrogens is 436 g/mol. The van der Waals surface area contributed by atoms with E-state index < -0.39 is 0 Å². The van der Waals surface area contributed by atoms with Crippen molar-refractivity contribution in [3.63, 3.8) is 0 Å². The molecule has 1 aromatic carbocycles. The number of Topliss-reactive ketones (excluding diaryl/α,β-unsaturated/α-hetero) is 1. The van der Waals surface area contributed by atoms with Gasteiger partial charge in [0.2, 0.25) is 0 Å². The van der Waals surface area contributed by atoms with E-state index in [1.54, 1.807) is 26.1 Å². The maximum Gasteiger partial charge on any atom is 0.163 e. The van der Waals surface area contributed by atoms with E-state index in [2.05, 4.69) is 29.3 Å². The number of carbonyl (C=O) groups is 1. The van der Waals surface area contributed by atoms with Gasteiger partial charge in [0, 0.05) is 24.3 Å². The molecule has 2 heterocycles. The number of hydrogen-bond acceptors (Lipinski definition) is 6. The van der Waals surface area contributed by atoms with Crippen LogP contribution < -0.4 is 5.32 Å². The van der Waals surface area contributed by atoms with Crippen molar-refractivity contribution in [1.82, 2.24) is 14.9 Å². The zero-order chi connectivity index (χ0) is 23.7. The number of phenolic OH excluding ortho intramolecular Hbond substituents is 1. The van der Waals surface area contributed by atoms with Crippen LogP contribution in [0.2, 0.25) is 5.02 Å². The van der Waals surface area contributed by atoms with Crippen LogP contribution in [0.25, 0.3) is 22.3 Å². The number of nitrogens with one attached hydrogen (secondary N) is 1. The molecular formula is C26H31ClN4O2. The van der Waals surface area contributed by atoms with Crippen molar-refractivity contribution in [2.75, 3.05) is 26.0 Å². The second-order valence-electron chi connectivity index (χ2n) is 9.42. The first-order chi connectivity index (χ1) is 15.7. The molecule has 4 rings (SSSR count). The molecule has 1 saturated carbocycles. The van der Waals surface area contributed by atoms with Gasteiger partial charge >= 0.3 is 0 Å². The maximum atomic E-state index is 12.4. The van der Waals surface area contributed by atoms with Crippen LogP contribution in [0, 0.1) is 12.8 Å². The highest BCUT2D eigenvalue weighted by Crippen LogP contribution is 2.35. The second kappa shape index (κ2) is 9.65. The molecule has 1 fully saturated rings. The first kappa shape index (κ1) is 23.5. The minimum absolute atomic E-state index is 0.0380. The number of benzene rings is 1. The van der Waals surface area contributed by atoms with Gasteiger partial charge in [-0.2, -0.15) is 0 Å². The van der Waals surface area contributed by atoms with Crippen molar-refractivity contribution >= 4 is 34.1 Å². The van der Waals surface area contributed by atoms with Gasteiger partial charge in [0.1, 0.15) is 11.3 Å². The number of hydrogen-bond donors (Lipinski definition) is 2. The van der Waals surface area contributed by atoms with Gasteiger partial charge in [-0.25, -0.2) is 4.98 Å². The predicted molar refractivity (Wildman–Crippen MR) is 134 cm³/mol. The number of halogens is 1. The molecule has 6 nitrogen and oxygen atoms in total. The standard InChI is InChI=1S/C26H31ClN4O2/c1-15-11-18(12-21(27)26(15)33)22-9-10-23-25(30-22)24(20(13-28-23)16(2)32)29-19-7-5-17(6-8-19)14-31(3)4/h9-13,17,19,33H,5-8,14H2,1-4H3,(H,28,29)/t17-,19-. The molecule has 3 aromatic rings. The minimum Gasteiger partial charge on any atom is -0.506 e. The van der Waals surface area contributed by atoms with Crippen molar-refractivity contribution in [2.45, 2.75) is 45.6 Å². The Labute approximate surface area is 200 Å². The van der Waals surface area contributed by atoms with Crippen molar-refractivity contribution in [3.8, 4) is 17.0 Å². The molecule has 1 aliphatic carbocycles. The number of carbonyl (C=O) groups excluding carboxylic acids is 1. The van der Waals surface area contributed by atoms with Crippen LogP contribution in [0.3, 0.4) is 0 Å². The van der Waals surface area contributed by atoms with Gasteiger partial charge in [0.15, 0.2) is 5.78 Å². The molecule has 1 aliphatic rings. The number of nitrogens with zero attached hydrogens (tertiary/aromatic N) is 3. The molecule has 33 heavy (non-hydrogen) atoms. The molecule has 0 amide bonds. The van der Waals surface area contributed by atoms with Crippen molar-refractivity contribution < 1.29 is 9.90 Å². The van der Waals surface area contributed by atoms with E-state index in [0.29, 0.717) is 34.3 Å². The molecule has 0 radical (unpaired) electrons. The number of ketones is 1. The van der Waals surface area contributed by atoms with Gasteiger partial charge in [0.25, 0.3) is 0 Å². The summed E-state index contributed by atoms with van der Waals surface area (Å²) in [5, 5.41) is 14.0. The van der Waals surface area contributed by atoms with Gasteiger partial charge < -0.3 is 15.3 Å². The third-order valence-electron chi connectivity index (χ3n) is 6.46. The van der Waals surface area contributed by atoms with Gasteiger partial charge in [-0.15, -0.1) is 0 Å². The Hall–Kier alpha value is -2.70. The summed E-state index contributed by atoms with van der Waals surface area (Å²) in [5.74, 6) is 0.754. The number of aromatic hydroxyl groups is 1. The Kier molecular flexibility index (Phi) is 6.86. The fourth-order valence-corrected chi connectivity index (χ4v) is 5.00. The molecule has 0 bridgehead atoms. The zero-order valence-corrected chi connectivity index (χ0v) is 20.4. The summed E-state index contributed by atoms with van der Waals surface area (Å²) in [7, 11) is 4.25. The smallest absolute Gasteiger partial charge is 0.163 e. The van der Waals surface area contributed by atoms with Gasteiger partial charge in [-0.1, -0.05) is 11.6 Å². The molecule has 0 unspecified atom stereocenters. The molecule has 0 spiro atoms.